The number of aliphatic hydroxyl groups is 1. The Balaban J connectivity index is 0.000000640. The number of benzene rings is 1. The average molecular weight is 189 g/mol. The maximum Gasteiger partial charge on any atom is 0.0681 e. The van der Waals surface area contributed by atoms with Crippen molar-refractivity contribution in [3.8, 4) is 0 Å². The number of rotatable bonds is 1. The van der Waals surface area contributed by atoms with Gasteiger partial charge in [-0.1, -0.05) is 30.3 Å². The molecule has 0 aliphatic carbocycles. The van der Waals surface area contributed by atoms with E-state index in [1.807, 2.05) is 30.3 Å². The molecule has 0 amide bonds. The molecule has 1 rings (SSSR count). The molecule has 0 bridgehead atoms. The quantitative estimate of drug-likeness (QED) is 0.713. The van der Waals surface area contributed by atoms with E-state index in [1.54, 1.807) is 0 Å². The van der Waals surface area contributed by atoms with Crippen LogP contribution in [0.2, 0.25) is 0 Å². The van der Waals surface area contributed by atoms with Gasteiger partial charge in [0.1, 0.15) is 0 Å². The highest BCUT2D eigenvalue weighted by atomic mass is 79.9. The molecule has 9 heavy (non-hydrogen) atoms. The summed E-state index contributed by atoms with van der Waals surface area (Å²) >= 11 is 0. The Bertz CT molecular complexity index is 150. The second-order valence-electron chi connectivity index (χ2n) is 1.64. The van der Waals surface area contributed by atoms with Crippen LogP contribution in [-0.4, -0.2) is 5.11 Å². The molecule has 1 N–H and O–H groups in total. The SMILES string of the molecule is Br.OCc1ccccc1. The molecular weight excluding hydrogens is 180 g/mol. The fourth-order valence-electron chi connectivity index (χ4n) is 0.583. The van der Waals surface area contributed by atoms with Gasteiger partial charge >= 0.3 is 0 Å². The molecule has 1 nitrogen and oxygen atoms in total. The van der Waals surface area contributed by atoms with E-state index in [4.69, 9.17) is 5.11 Å². The first-order valence-corrected chi connectivity index (χ1v) is 2.58. The van der Waals surface area contributed by atoms with Crippen molar-refractivity contribution in [1.29, 1.82) is 0 Å². The van der Waals surface area contributed by atoms with Crippen molar-refractivity contribution in [3.05, 3.63) is 35.9 Å². The van der Waals surface area contributed by atoms with E-state index < -0.39 is 0 Å². The van der Waals surface area contributed by atoms with Crippen LogP contribution in [0.25, 0.3) is 0 Å². The van der Waals surface area contributed by atoms with Crippen molar-refractivity contribution < 1.29 is 5.11 Å². The fraction of sp³-hybridized carbons (Fsp3) is 0.143. The van der Waals surface area contributed by atoms with Crippen molar-refractivity contribution in [2.45, 2.75) is 6.61 Å². The summed E-state index contributed by atoms with van der Waals surface area (Å²) in [6, 6.07) is 9.52. The molecule has 0 saturated carbocycles. The van der Waals surface area contributed by atoms with Gasteiger partial charge in [-0.2, -0.15) is 0 Å². The van der Waals surface area contributed by atoms with Gasteiger partial charge in [-0.15, -0.1) is 17.0 Å². The summed E-state index contributed by atoms with van der Waals surface area (Å²) in [4.78, 5) is 0. The molecule has 1 aromatic carbocycles. The second-order valence-corrected chi connectivity index (χ2v) is 1.64. The summed E-state index contributed by atoms with van der Waals surface area (Å²) in [5.74, 6) is 0. The minimum absolute atomic E-state index is 0. The first-order chi connectivity index (χ1) is 3.93. The largest absolute Gasteiger partial charge is 0.392 e. The third-order valence-electron chi connectivity index (χ3n) is 1.03. The van der Waals surface area contributed by atoms with Crippen LogP contribution in [0, 0.1) is 0 Å². The number of aliphatic hydroxyl groups excluding tert-OH is 1. The molecule has 0 aliphatic rings. The van der Waals surface area contributed by atoms with Gasteiger partial charge in [0.2, 0.25) is 0 Å². The van der Waals surface area contributed by atoms with E-state index in [0.29, 0.717) is 0 Å². The Morgan fingerprint density at radius 1 is 1.11 bits per heavy atom. The molecule has 0 saturated heterocycles. The lowest BCUT2D eigenvalue weighted by Crippen LogP contribution is -1.77. The van der Waals surface area contributed by atoms with Gasteiger partial charge in [0.25, 0.3) is 0 Å². The summed E-state index contributed by atoms with van der Waals surface area (Å²) < 4.78 is 0. The zero-order chi connectivity index (χ0) is 5.82. The van der Waals surface area contributed by atoms with E-state index in [0.717, 1.165) is 5.56 Å². The van der Waals surface area contributed by atoms with E-state index in [-0.39, 0.29) is 23.6 Å². The van der Waals surface area contributed by atoms with E-state index in [2.05, 4.69) is 0 Å². The molecular formula is C7H9BrO. The topological polar surface area (TPSA) is 20.2 Å². The van der Waals surface area contributed by atoms with Crippen molar-refractivity contribution in [2.75, 3.05) is 0 Å². The summed E-state index contributed by atoms with van der Waals surface area (Å²) in [5, 5.41) is 8.54. The number of halogens is 1. The Hall–Kier alpha value is -0.340. The molecule has 0 aromatic heterocycles. The average Bonchev–Trinajstić information content (AvgIpc) is 1.90. The highest BCUT2D eigenvalue weighted by molar-refractivity contribution is 8.93. The van der Waals surface area contributed by atoms with Gasteiger partial charge in [-0.05, 0) is 5.56 Å². The van der Waals surface area contributed by atoms with Crippen molar-refractivity contribution in [3.63, 3.8) is 0 Å². The maximum atomic E-state index is 8.54. The molecule has 2 heteroatoms. The lowest BCUT2D eigenvalue weighted by molar-refractivity contribution is 0.282. The fourth-order valence-corrected chi connectivity index (χ4v) is 0.583. The van der Waals surface area contributed by atoms with E-state index in [1.165, 1.54) is 0 Å². The van der Waals surface area contributed by atoms with Gasteiger partial charge in [0, 0.05) is 0 Å². The van der Waals surface area contributed by atoms with Gasteiger partial charge in [-0.25, -0.2) is 0 Å². The van der Waals surface area contributed by atoms with Crippen molar-refractivity contribution in [1.82, 2.24) is 0 Å². The Morgan fingerprint density at radius 3 is 2.00 bits per heavy atom. The molecule has 0 heterocycles. The van der Waals surface area contributed by atoms with E-state index in [9.17, 15) is 0 Å². The molecule has 0 unspecified atom stereocenters. The van der Waals surface area contributed by atoms with Crippen LogP contribution in [0.4, 0.5) is 0 Å². The van der Waals surface area contributed by atoms with Crippen LogP contribution in [-0.2, 0) is 6.61 Å². The lowest BCUT2D eigenvalue weighted by Gasteiger charge is -1.89. The minimum atomic E-state index is 0. The first kappa shape index (κ1) is 8.66. The smallest absolute Gasteiger partial charge is 0.0681 e. The summed E-state index contributed by atoms with van der Waals surface area (Å²) in [6.07, 6.45) is 0. The molecule has 0 fully saturated rings. The monoisotopic (exact) mass is 188 g/mol. The highest BCUT2D eigenvalue weighted by Gasteiger charge is 1.81. The summed E-state index contributed by atoms with van der Waals surface area (Å²) in [5.41, 5.74) is 0.965. The number of hydrogen-bond acceptors (Lipinski definition) is 1. The molecule has 1 aromatic rings. The third-order valence-corrected chi connectivity index (χ3v) is 1.03. The normalized spacial score (nSPS) is 8.11. The minimum Gasteiger partial charge on any atom is -0.392 e. The summed E-state index contributed by atoms with van der Waals surface area (Å²) in [7, 11) is 0. The Labute approximate surface area is 65.1 Å². The van der Waals surface area contributed by atoms with Gasteiger partial charge < -0.3 is 5.11 Å². The predicted octanol–water partition coefficient (Wildman–Crippen LogP) is 1.76. The van der Waals surface area contributed by atoms with Crippen molar-refractivity contribution in [2.24, 2.45) is 0 Å². The van der Waals surface area contributed by atoms with Crippen LogP contribution in [0.5, 0.6) is 0 Å². The molecule has 0 spiro atoms. The van der Waals surface area contributed by atoms with Crippen LogP contribution in [0.3, 0.4) is 0 Å². The number of hydrogen-bond donors (Lipinski definition) is 1. The van der Waals surface area contributed by atoms with Crippen molar-refractivity contribution >= 4 is 17.0 Å². The van der Waals surface area contributed by atoms with Gasteiger partial charge in [0.15, 0.2) is 0 Å². The van der Waals surface area contributed by atoms with Crippen LogP contribution in [0.1, 0.15) is 5.56 Å². The standard InChI is InChI=1S/C7H8O.BrH/c8-6-7-4-2-1-3-5-7;/h1-5,8H,6H2;1H. The molecule has 50 valence electrons. The Morgan fingerprint density at radius 2 is 1.67 bits per heavy atom. The second kappa shape index (κ2) is 4.53. The maximum absolute atomic E-state index is 8.54. The Kier molecular flexibility index (Phi) is 4.36. The van der Waals surface area contributed by atoms with Crippen LogP contribution < -0.4 is 0 Å². The van der Waals surface area contributed by atoms with Gasteiger partial charge in [0.05, 0.1) is 6.61 Å². The summed E-state index contributed by atoms with van der Waals surface area (Å²) in [6.45, 7) is 0.140. The molecule has 0 radical (unpaired) electrons. The highest BCUT2D eigenvalue weighted by Crippen LogP contribution is 1.95. The third kappa shape index (κ3) is 2.63. The lowest BCUT2D eigenvalue weighted by atomic mass is 10.2. The zero-order valence-corrected chi connectivity index (χ0v) is 6.66. The first-order valence-electron chi connectivity index (χ1n) is 2.58. The zero-order valence-electron chi connectivity index (χ0n) is 4.95. The van der Waals surface area contributed by atoms with Crippen LogP contribution in [0.15, 0.2) is 30.3 Å². The molecule has 0 atom stereocenters. The molecule has 0 aliphatic heterocycles. The predicted molar refractivity (Wildman–Crippen MR) is 42.7 cm³/mol. The van der Waals surface area contributed by atoms with E-state index >= 15 is 0 Å². The van der Waals surface area contributed by atoms with Crippen LogP contribution >= 0.6 is 17.0 Å². The van der Waals surface area contributed by atoms with Gasteiger partial charge in [-0.3, -0.25) is 0 Å².